The number of carbonyl (C=O) groups is 1. The molecule has 1 fully saturated rings. The van der Waals surface area contributed by atoms with E-state index in [1.165, 1.54) is 31.5 Å². The number of nitrogens with zero attached hydrogens (tertiary/aromatic N) is 1. The lowest BCUT2D eigenvalue weighted by Gasteiger charge is -2.32. The number of piperidine rings is 1. The number of Topliss-reactive ketones (excluding diaryl/α,β-unsaturated/α-hetero) is 1. The van der Waals surface area contributed by atoms with Crippen molar-refractivity contribution in [1.82, 2.24) is 4.90 Å². The lowest BCUT2D eigenvalue weighted by Crippen LogP contribution is -2.33. The predicted molar refractivity (Wildman–Crippen MR) is 99.5 cm³/mol. The van der Waals surface area contributed by atoms with Crippen LogP contribution in [0.25, 0.3) is 0 Å². The van der Waals surface area contributed by atoms with Crippen LogP contribution in [0.15, 0.2) is 60.7 Å². The zero-order valence-electron chi connectivity index (χ0n) is 14.4. The molecule has 2 nitrogen and oxygen atoms in total. The molecule has 0 unspecified atom stereocenters. The number of benzene rings is 2. The standard InChI is InChI=1S/C22H27NO/c24-22(21-11-5-2-6-12-21)13-7-8-16-23-17-14-20(15-18-23)19-9-3-1-4-10-19/h1-6,9-12,20H,7-8,13-18H2. The highest BCUT2D eigenvalue weighted by Gasteiger charge is 2.19. The molecule has 126 valence electrons. The maximum absolute atomic E-state index is 12.1. The van der Waals surface area contributed by atoms with Gasteiger partial charge in [0, 0.05) is 12.0 Å². The predicted octanol–water partition coefficient (Wildman–Crippen LogP) is 4.92. The molecule has 1 aliphatic heterocycles. The van der Waals surface area contributed by atoms with Crippen LogP contribution in [0, 0.1) is 0 Å². The minimum absolute atomic E-state index is 0.276. The summed E-state index contributed by atoms with van der Waals surface area (Å²) < 4.78 is 0. The Morgan fingerprint density at radius 1 is 0.875 bits per heavy atom. The minimum Gasteiger partial charge on any atom is -0.303 e. The Morgan fingerprint density at radius 2 is 1.50 bits per heavy atom. The summed E-state index contributed by atoms with van der Waals surface area (Å²) in [6, 6.07) is 20.6. The van der Waals surface area contributed by atoms with E-state index in [2.05, 4.69) is 35.2 Å². The molecule has 3 rings (SSSR count). The van der Waals surface area contributed by atoms with Crippen molar-refractivity contribution in [3.63, 3.8) is 0 Å². The first-order chi connectivity index (χ1) is 11.8. The lowest BCUT2D eigenvalue weighted by atomic mass is 9.89. The van der Waals surface area contributed by atoms with Gasteiger partial charge in [0.05, 0.1) is 0 Å². The molecule has 1 saturated heterocycles. The Balaban J connectivity index is 1.33. The zero-order chi connectivity index (χ0) is 16.6. The largest absolute Gasteiger partial charge is 0.303 e. The average molecular weight is 321 g/mol. The van der Waals surface area contributed by atoms with Gasteiger partial charge in [-0.3, -0.25) is 4.79 Å². The third-order valence-electron chi connectivity index (χ3n) is 5.08. The van der Waals surface area contributed by atoms with Gasteiger partial charge in [0.25, 0.3) is 0 Å². The van der Waals surface area contributed by atoms with Gasteiger partial charge < -0.3 is 4.90 Å². The zero-order valence-corrected chi connectivity index (χ0v) is 14.4. The van der Waals surface area contributed by atoms with E-state index in [0.717, 1.165) is 30.9 Å². The minimum atomic E-state index is 0.276. The van der Waals surface area contributed by atoms with Crippen molar-refractivity contribution in [1.29, 1.82) is 0 Å². The summed E-state index contributed by atoms with van der Waals surface area (Å²) in [4.78, 5) is 14.6. The quantitative estimate of drug-likeness (QED) is 0.533. The highest BCUT2D eigenvalue weighted by molar-refractivity contribution is 5.95. The van der Waals surface area contributed by atoms with E-state index in [0.29, 0.717) is 6.42 Å². The van der Waals surface area contributed by atoms with Crippen LogP contribution in [-0.4, -0.2) is 30.3 Å². The van der Waals surface area contributed by atoms with Gasteiger partial charge in [-0.05, 0) is 56.8 Å². The van der Waals surface area contributed by atoms with Crippen molar-refractivity contribution in [3.05, 3.63) is 71.8 Å². The highest BCUT2D eigenvalue weighted by Crippen LogP contribution is 2.27. The van der Waals surface area contributed by atoms with Crippen LogP contribution in [0.5, 0.6) is 0 Å². The molecule has 0 atom stereocenters. The normalized spacial score (nSPS) is 16.2. The Bertz CT molecular complexity index is 615. The van der Waals surface area contributed by atoms with Crippen LogP contribution in [0.4, 0.5) is 0 Å². The summed E-state index contributed by atoms with van der Waals surface area (Å²) in [6.45, 7) is 3.50. The van der Waals surface area contributed by atoms with E-state index >= 15 is 0 Å². The third-order valence-corrected chi connectivity index (χ3v) is 5.08. The average Bonchev–Trinajstić information content (AvgIpc) is 2.67. The van der Waals surface area contributed by atoms with Gasteiger partial charge >= 0.3 is 0 Å². The molecule has 0 N–H and O–H groups in total. The van der Waals surface area contributed by atoms with E-state index in [-0.39, 0.29) is 5.78 Å². The molecular formula is C22H27NO. The molecular weight excluding hydrogens is 294 g/mol. The number of ketones is 1. The number of unbranched alkanes of at least 4 members (excludes halogenated alkanes) is 1. The molecule has 0 amide bonds. The van der Waals surface area contributed by atoms with Gasteiger partial charge in [-0.25, -0.2) is 0 Å². The third kappa shape index (κ3) is 4.78. The number of rotatable bonds is 7. The molecule has 0 spiro atoms. The summed E-state index contributed by atoms with van der Waals surface area (Å²) in [5.41, 5.74) is 2.34. The van der Waals surface area contributed by atoms with Gasteiger partial charge in [0.1, 0.15) is 0 Å². The van der Waals surface area contributed by atoms with Crippen LogP contribution in [0.1, 0.15) is 53.9 Å². The molecule has 0 radical (unpaired) electrons. The first kappa shape index (κ1) is 16.9. The van der Waals surface area contributed by atoms with E-state index < -0.39 is 0 Å². The van der Waals surface area contributed by atoms with Gasteiger partial charge in [0.15, 0.2) is 5.78 Å². The number of likely N-dealkylation sites (tertiary alicyclic amines) is 1. The number of hydrogen-bond donors (Lipinski definition) is 0. The maximum atomic E-state index is 12.1. The monoisotopic (exact) mass is 321 g/mol. The second-order valence-corrected chi connectivity index (χ2v) is 6.77. The summed E-state index contributed by atoms with van der Waals surface area (Å²) >= 11 is 0. The first-order valence-electron chi connectivity index (χ1n) is 9.18. The van der Waals surface area contributed by atoms with Crippen LogP contribution >= 0.6 is 0 Å². The second kappa shape index (κ2) is 8.79. The van der Waals surface area contributed by atoms with E-state index in [1.807, 2.05) is 30.3 Å². The fourth-order valence-corrected chi connectivity index (χ4v) is 3.60. The Morgan fingerprint density at radius 3 is 2.17 bits per heavy atom. The van der Waals surface area contributed by atoms with Crippen LogP contribution in [-0.2, 0) is 0 Å². The smallest absolute Gasteiger partial charge is 0.162 e. The summed E-state index contributed by atoms with van der Waals surface area (Å²) in [5.74, 6) is 1.00. The maximum Gasteiger partial charge on any atom is 0.162 e. The molecule has 0 aromatic heterocycles. The van der Waals surface area contributed by atoms with Crippen LogP contribution < -0.4 is 0 Å². The molecule has 2 heteroatoms. The van der Waals surface area contributed by atoms with E-state index in [1.54, 1.807) is 0 Å². The van der Waals surface area contributed by atoms with Gasteiger partial charge in [-0.2, -0.15) is 0 Å². The van der Waals surface area contributed by atoms with Gasteiger partial charge in [-0.1, -0.05) is 60.7 Å². The van der Waals surface area contributed by atoms with Gasteiger partial charge in [0.2, 0.25) is 0 Å². The highest BCUT2D eigenvalue weighted by atomic mass is 16.1. The van der Waals surface area contributed by atoms with Crippen molar-refractivity contribution < 1.29 is 4.79 Å². The summed E-state index contributed by atoms with van der Waals surface area (Å²) in [5, 5.41) is 0. The number of hydrogen-bond acceptors (Lipinski definition) is 2. The first-order valence-corrected chi connectivity index (χ1v) is 9.18. The van der Waals surface area contributed by atoms with Crippen molar-refractivity contribution in [3.8, 4) is 0 Å². The molecule has 24 heavy (non-hydrogen) atoms. The molecule has 0 bridgehead atoms. The van der Waals surface area contributed by atoms with Crippen molar-refractivity contribution in [2.24, 2.45) is 0 Å². The Kier molecular flexibility index (Phi) is 6.20. The summed E-state index contributed by atoms with van der Waals surface area (Å²) in [7, 11) is 0. The fraction of sp³-hybridized carbons (Fsp3) is 0.409. The summed E-state index contributed by atoms with van der Waals surface area (Å²) in [6.07, 6.45) is 5.30. The molecule has 1 heterocycles. The molecule has 2 aromatic rings. The van der Waals surface area contributed by atoms with Crippen molar-refractivity contribution in [2.75, 3.05) is 19.6 Å². The Hall–Kier alpha value is -1.93. The van der Waals surface area contributed by atoms with Crippen molar-refractivity contribution in [2.45, 2.75) is 38.0 Å². The molecule has 2 aromatic carbocycles. The SMILES string of the molecule is O=C(CCCCN1CCC(c2ccccc2)CC1)c1ccccc1. The van der Waals surface area contributed by atoms with Gasteiger partial charge in [-0.15, -0.1) is 0 Å². The molecule has 0 saturated carbocycles. The second-order valence-electron chi connectivity index (χ2n) is 6.77. The Labute approximate surface area is 145 Å². The lowest BCUT2D eigenvalue weighted by molar-refractivity contribution is 0.0977. The van der Waals surface area contributed by atoms with Crippen molar-refractivity contribution >= 4 is 5.78 Å². The topological polar surface area (TPSA) is 20.3 Å². The van der Waals surface area contributed by atoms with E-state index in [9.17, 15) is 4.79 Å². The van der Waals surface area contributed by atoms with Crippen LogP contribution in [0.2, 0.25) is 0 Å². The molecule has 0 aliphatic carbocycles. The van der Waals surface area contributed by atoms with E-state index in [4.69, 9.17) is 0 Å². The van der Waals surface area contributed by atoms with Crippen LogP contribution in [0.3, 0.4) is 0 Å². The number of carbonyl (C=O) groups excluding carboxylic acids is 1. The molecule has 1 aliphatic rings. The fourth-order valence-electron chi connectivity index (χ4n) is 3.60.